The summed E-state index contributed by atoms with van der Waals surface area (Å²) in [5.74, 6) is 1.83. The molecule has 1 heteroatoms. The van der Waals surface area contributed by atoms with E-state index in [4.69, 9.17) is 5.73 Å². The maximum absolute atomic E-state index is 6.38. The van der Waals surface area contributed by atoms with Gasteiger partial charge < -0.3 is 5.73 Å². The van der Waals surface area contributed by atoms with E-state index in [0.717, 1.165) is 11.8 Å². The Morgan fingerprint density at radius 1 is 0.800 bits per heavy atom. The lowest BCUT2D eigenvalue weighted by molar-refractivity contribution is 0.241. The van der Waals surface area contributed by atoms with Crippen LogP contribution in [0.3, 0.4) is 0 Å². The Morgan fingerprint density at radius 2 is 1.33 bits per heavy atom. The van der Waals surface area contributed by atoms with Gasteiger partial charge in [0.25, 0.3) is 0 Å². The molecule has 15 heavy (non-hydrogen) atoms. The van der Waals surface area contributed by atoms with Crippen LogP contribution in [-0.2, 0) is 0 Å². The van der Waals surface area contributed by atoms with Crippen molar-refractivity contribution in [2.45, 2.75) is 76.7 Å². The van der Waals surface area contributed by atoms with E-state index in [0.29, 0.717) is 6.04 Å². The van der Waals surface area contributed by atoms with Gasteiger partial charge in [0.15, 0.2) is 0 Å². The Labute approximate surface area is 94.8 Å². The van der Waals surface area contributed by atoms with Crippen molar-refractivity contribution in [2.24, 2.45) is 17.6 Å². The monoisotopic (exact) mass is 209 g/mol. The van der Waals surface area contributed by atoms with E-state index < -0.39 is 0 Å². The molecule has 0 aromatic heterocycles. The van der Waals surface area contributed by atoms with E-state index in [-0.39, 0.29) is 0 Å². The predicted molar refractivity (Wildman–Crippen MR) is 65.7 cm³/mol. The summed E-state index contributed by atoms with van der Waals surface area (Å²) >= 11 is 0. The van der Waals surface area contributed by atoms with Crippen LogP contribution in [0.1, 0.15) is 70.6 Å². The second kappa shape index (κ2) is 5.89. The quantitative estimate of drug-likeness (QED) is 0.750. The van der Waals surface area contributed by atoms with Gasteiger partial charge in [-0.05, 0) is 31.1 Å². The minimum Gasteiger partial charge on any atom is -0.327 e. The van der Waals surface area contributed by atoms with Crippen molar-refractivity contribution in [1.29, 1.82) is 0 Å². The first-order valence-electron chi connectivity index (χ1n) is 7.12. The van der Waals surface area contributed by atoms with Crippen molar-refractivity contribution in [2.75, 3.05) is 0 Å². The standard InChI is InChI=1S/C14H27N/c15-14(13-9-5-2-6-10-13)11-12-7-3-1-4-8-12/h12-14H,1-11,15H2/t14-/m0/s1. The van der Waals surface area contributed by atoms with Crippen LogP contribution in [-0.4, -0.2) is 6.04 Å². The summed E-state index contributed by atoms with van der Waals surface area (Å²) < 4.78 is 0. The van der Waals surface area contributed by atoms with Crippen molar-refractivity contribution < 1.29 is 0 Å². The average molecular weight is 209 g/mol. The van der Waals surface area contributed by atoms with E-state index in [1.54, 1.807) is 0 Å². The number of nitrogens with two attached hydrogens (primary N) is 1. The predicted octanol–water partition coefficient (Wildman–Crippen LogP) is 3.86. The number of hydrogen-bond acceptors (Lipinski definition) is 1. The molecule has 0 unspecified atom stereocenters. The van der Waals surface area contributed by atoms with Crippen LogP contribution in [0, 0.1) is 11.8 Å². The SMILES string of the molecule is N[C@@H](CC1CCCCC1)C1CCCCC1. The molecule has 0 amide bonds. The molecular formula is C14H27N. The van der Waals surface area contributed by atoms with Crippen molar-refractivity contribution in [3.8, 4) is 0 Å². The Bertz CT molecular complexity index is 166. The molecule has 0 aromatic carbocycles. The van der Waals surface area contributed by atoms with Gasteiger partial charge in [0.05, 0.1) is 0 Å². The molecule has 0 bridgehead atoms. The van der Waals surface area contributed by atoms with Crippen LogP contribution in [0.15, 0.2) is 0 Å². The van der Waals surface area contributed by atoms with Gasteiger partial charge in [-0.2, -0.15) is 0 Å². The summed E-state index contributed by atoms with van der Waals surface area (Å²) in [6.07, 6.45) is 15.8. The summed E-state index contributed by atoms with van der Waals surface area (Å²) in [4.78, 5) is 0. The summed E-state index contributed by atoms with van der Waals surface area (Å²) in [6, 6.07) is 0.522. The van der Waals surface area contributed by atoms with Gasteiger partial charge >= 0.3 is 0 Å². The second-order valence-electron chi connectivity index (χ2n) is 5.80. The molecule has 0 spiro atoms. The maximum atomic E-state index is 6.38. The molecule has 0 aliphatic heterocycles. The number of rotatable bonds is 3. The van der Waals surface area contributed by atoms with Gasteiger partial charge in [-0.1, -0.05) is 51.4 Å². The third kappa shape index (κ3) is 3.48. The molecule has 1 atom stereocenters. The van der Waals surface area contributed by atoms with Gasteiger partial charge in [0.2, 0.25) is 0 Å². The molecule has 0 heterocycles. The lowest BCUT2D eigenvalue weighted by atomic mass is 9.77. The Morgan fingerprint density at radius 3 is 1.93 bits per heavy atom. The van der Waals surface area contributed by atoms with E-state index >= 15 is 0 Å². The largest absolute Gasteiger partial charge is 0.327 e. The fourth-order valence-corrected chi connectivity index (χ4v) is 3.56. The summed E-state index contributed by atoms with van der Waals surface area (Å²) in [6.45, 7) is 0. The molecule has 1 nitrogen and oxygen atoms in total. The summed E-state index contributed by atoms with van der Waals surface area (Å²) in [5, 5.41) is 0. The normalized spacial score (nSPS) is 27.8. The van der Waals surface area contributed by atoms with Gasteiger partial charge in [-0.15, -0.1) is 0 Å². The van der Waals surface area contributed by atoms with Crippen molar-refractivity contribution in [3.05, 3.63) is 0 Å². The second-order valence-corrected chi connectivity index (χ2v) is 5.80. The molecule has 88 valence electrons. The minimum absolute atomic E-state index is 0.522. The van der Waals surface area contributed by atoms with Crippen LogP contribution in [0.2, 0.25) is 0 Å². The molecule has 2 rings (SSSR count). The fraction of sp³-hybridized carbons (Fsp3) is 1.00. The highest BCUT2D eigenvalue weighted by molar-refractivity contribution is 4.80. The first-order valence-corrected chi connectivity index (χ1v) is 7.12. The fourth-order valence-electron chi connectivity index (χ4n) is 3.56. The summed E-state index contributed by atoms with van der Waals surface area (Å²) in [7, 11) is 0. The van der Waals surface area contributed by atoms with E-state index in [2.05, 4.69) is 0 Å². The van der Waals surface area contributed by atoms with Gasteiger partial charge in [-0.25, -0.2) is 0 Å². The number of hydrogen-bond donors (Lipinski definition) is 1. The van der Waals surface area contributed by atoms with Gasteiger partial charge in [-0.3, -0.25) is 0 Å². The molecule has 0 aromatic rings. The van der Waals surface area contributed by atoms with Crippen LogP contribution in [0.4, 0.5) is 0 Å². The average Bonchev–Trinajstić information content (AvgIpc) is 2.31. The highest BCUT2D eigenvalue weighted by atomic mass is 14.7. The lowest BCUT2D eigenvalue weighted by Gasteiger charge is -2.31. The van der Waals surface area contributed by atoms with Crippen molar-refractivity contribution in [3.63, 3.8) is 0 Å². The van der Waals surface area contributed by atoms with Crippen molar-refractivity contribution in [1.82, 2.24) is 0 Å². The first kappa shape index (κ1) is 11.4. The van der Waals surface area contributed by atoms with Crippen LogP contribution >= 0.6 is 0 Å². The molecule has 2 aliphatic rings. The van der Waals surface area contributed by atoms with E-state index in [1.807, 2.05) is 0 Å². The third-order valence-electron chi connectivity index (χ3n) is 4.59. The molecule has 2 N–H and O–H groups in total. The van der Waals surface area contributed by atoms with Crippen LogP contribution in [0.5, 0.6) is 0 Å². The lowest BCUT2D eigenvalue weighted by Crippen LogP contribution is -2.34. The highest BCUT2D eigenvalue weighted by Gasteiger charge is 2.24. The Kier molecular flexibility index (Phi) is 4.49. The van der Waals surface area contributed by atoms with Gasteiger partial charge in [0, 0.05) is 6.04 Å². The Hall–Kier alpha value is -0.0400. The third-order valence-corrected chi connectivity index (χ3v) is 4.59. The van der Waals surface area contributed by atoms with E-state index in [1.165, 1.54) is 70.6 Å². The molecule has 2 saturated carbocycles. The first-order chi connectivity index (χ1) is 7.36. The van der Waals surface area contributed by atoms with Crippen molar-refractivity contribution >= 4 is 0 Å². The molecule has 2 aliphatic carbocycles. The van der Waals surface area contributed by atoms with E-state index in [9.17, 15) is 0 Å². The smallest absolute Gasteiger partial charge is 0.00697 e. The van der Waals surface area contributed by atoms with Crippen LogP contribution in [0.25, 0.3) is 0 Å². The topological polar surface area (TPSA) is 26.0 Å². The molecular weight excluding hydrogens is 182 g/mol. The zero-order valence-electron chi connectivity index (χ0n) is 10.1. The summed E-state index contributed by atoms with van der Waals surface area (Å²) in [5.41, 5.74) is 6.38. The molecule has 2 fully saturated rings. The minimum atomic E-state index is 0.522. The Balaban J connectivity index is 1.72. The molecule has 0 saturated heterocycles. The zero-order valence-corrected chi connectivity index (χ0v) is 10.1. The highest BCUT2D eigenvalue weighted by Crippen LogP contribution is 2.32. The molecule has 0 radical (unpaired) electrons. The van der Waals surface area contributed by atoms with Gasteiger partial charge in [0.1, 0.15) is 0 Å². The zero-order chi connectivity index (χ0) is 10.5. The van der Waals surface area contributed by atoms with Crippen LogP contribution < -0.4 is 5.73 Å². The maximum Gasteiger partial charge on any atom is 0.00697 e.